The molecule has 1 saturated carbocycles. The fourth-order valence-electron chi connectivity index (χ4n) is 2.38. The zero-order valence-corrected chi connectivity index (χ0v) is 11.3. The van der Waals surface area contributed by atoms with Crippen LogP contribution < -0.4 is 5.32 Å². The Labute approximate surface area is 116 Å². The molecule has 0 heterocycles. The van der Waals surface area contributed by atoms with E-state index in [1.807, 2.05) is 0 Å². The highest BCUT2D eigenvalue weighted by Gasteiger charge is 2.19. The lowest BCUT2D eigenvalue weighted by molar-refractivity contribution is 0.0933. The Bertz CT molecular complexity index is 471. The molecule has 0 bridgehead atoms. The molecule has 19 heavy (non-hydrogen) atoms. The van der Waals surface area contributed by atoms with E-state index in [-0.39, 0.29) is 16.6 Å². The minimum Gasteiger partial charge on any atom is -0.349 e. The van der Waals surface area contributed by atoms with Gasteiger partial charge in [0.1, 0.15) is 0 Å². The maximum atomic E-state index is 13.1. The summed E-state index contributed by atoms with van der Waals surface area (Å²) in [6.45, 7) is 0. The maximum Gasteiger partial charge on any atom is 0.253 e. The summed E-state index contributed by atoms with van der Waals surface area (Å²) in [7, 11) is 0. The number of halogens is 3. The van der Waals surface area contributed by atoms with Gasteiger partial charge in [-0.3, -0.25) is 4.79 Å². The smallest absolute Gasteiger partial charge is 0.253 e. The Morgan fingerprint density at radius 2 is 1.68 bits per heavy atom. The van der Waals surface area contributed by atoms with Crippen LogP contribution in [-0.2, 0) is 0 Å². The summed E-state index contributed by atoms with van der Waals surface area (Å²) >= 11 is 5.78. The first kappa shape index (κ1) is 14.3. The summed E-state index contributed by atoms with van der Waals surface area (Å²) in [4.78, 5) is 12.0. The van der Waals surface area contributed by atoms with Crippen molar-refractivity contribution in [2.75, 3.05) is 0 Å². The van der Waals surface area contributed by atoms with Gasteiger partial charge in [0.25, 0.3) is 5.91 Å². The number of nitrogens with one attached hydrogen (secondary N) is 1. The van der Waals surface area contributed by atoms with E-state index in [1.165, 1.54) is 12.8 Å². The number of amides is 1. The van der Waals surface area contributed by atoms with Crippen molar-refractivity contribution in [1.29, 1.82) is 0 Å². The molecule has 2 nitrogen and oxygen atoms in total. The second-order valence-corrected chi connectivity index (χ2v) is 5.32. The van der Waals surface area contributed by atoms with Crippen molar-refractivity contribution in [3.05, 3.63) is 34.4 Å². The lowest BCUT2D eigenvalue weighted by Gasteiger charge is -2.16. The van der Waals surface area contributed by atoms with Crippen LogP contribution in [0.25, 0.3) is 0 Å². The molecule has 0 radical (unpaired) electrons. The predicted octanol–water partition coefficient (Wildman–Crippen LogP) is 4.07. The van der Waals surface area contributed by atoms with E-state index in [0.717, 1.165) is 37.8 Å². The molecule has 0 aliphatic heterocycles. The van der Waals surface area contributed by atoms with Crippen LogP contribution in [0.3, 0.4) is 0 Å². The Kier molecular flexibility index (Phi) is 4.75. The third kappa shape index (κ3) is 3.66. The molecule has 0 spiro atoms. The SMILES string of the molecule is O=C(NC1CCCCCC1)c1cc(F)c(F)cc1Cl. The van der Waals surface area contributed by atoms with Crippen LogP contribution in [0.4, 0.5) is 8.78 Å². The summed E-state index contributed by atoms with van der Waals surface area (Å²) in [5.74, 6) is -2.54. The van der Waals surface area contributed by atoms with Crippen LogP contribution in [0.1, 0.15) is 48.9 Å². The zero-order valence-electron chi connectivity index (χ0n) is 10.5. The van der Waals surface area contributed by atoms with Crippen LogP contribution in [-0.4, -0.2) is 11.9 Å². The van der Waals surface area contributed by atoms with Gasteiger partial charge in [-0.15, -0.1) is 0 Å². The lowest BCUT2D eigenvalue weighted by atomic mass is 10.1. The first-order valence-electron chi connectivity index (χ1n) is 6.53. The molecule has 0 saturated heterocycles. The van der Waals surface area contributed by atoms with Gasteiger partial charge in [0.2, 0.25) is 0 Å². The molecular formula is C14H16ClF2NO. The molecule has 5 heteroatoms. The summed E-state index contributed by atoms with van der Waals surface area (Å²) in [6, 6.07) is 1.78. The van der Waals surface area contributed by atoms with Crippen LogP contribution in [0, 0.1) is 11.6 Å². The molecular weight excluding hydrogens is 272 g/mol. The van der Waals surface area contributed by atoms with Gasteiger partial charge in [0, 0.05) is 6.04 Å². The standard InChI is InChI=1S/C14H16ClF2NO/c15-11-8-13(17)12(16)7-10(11)14(19)18-9-5-3-1-2-4-6-9/h7-9H,1-6H2,(H,18,19). The van der Waals surface area contributed by atoms with Gasteiger partial charge in [0.15, 0.2) is 11.6 Å². The van der Waals surface area contributed by atoms with Gasteiger partial charge in [-0.1, -0.05) is 37.3 Å². The van der Waals surface area contributed by atoms with Crippen LogP contribution >= 0.6 is 11.6 Å². The topological polar surface area (TPSA) is 29.1 Å². The number of carbonyl (C=O) groups is 1. The Morgan fingerprint density at radius 3 is 2.32 bits per heavy atom. The molecule has 0 unspecified atom stereocenters. The van der Waals surface area contributed by atoms with Crippen LogP contribution in [0.15, 0.2) is 12.1 Å². The van der Waals surface area contributed by atoms with Crippen molar-refractivity contribution < 1.29 is 13.6 Å². The Balaban J connectivity index is 2.08. The van der Waals surface area contributed by atoms with Gasteiger partial charge < -0.3 is 5.32 Å². The fraction of sp³-hybridized carbons (Fsp3) is 0.500. The first-order valence-corrected chi connectivity index (χ1v) is 6.91. The number of carbonyl (C=O) groups excluding carboxylic acids is 1. The monoisotopic (exact) mass is 287 g/mol. The van der Waals surface area contributed by atoms with Gasteiger partial charge in [-0.05, 0) is 25.0 Å². The van der Waals surface area contributed by atoms with E-state index in [0.29, 0.717) is 0 Å². The van der Waals surface area contributed by atoms with Gasteiger partial charge >= 0.3 is 0 Å². The normalized spacial score (nSPS) is 17.0. The van der Waals surface area contributed by atoms with E-state index in [1.54, 1.807) is 0 Å². The van der Waals surface area contributed by atoms with Crippen LogP contribution in [0.2, 0.25) is 5.02 Å². The second kappa shape index (κ2) is 6.33. The highest BCUT2D eigenvalue weighted by Crippen LogP contribution is 2.22. The van der Waals surface area contributed by atoms with E-state index < -0.39 is 17.5 Å². The minimum absolute atomic E-state index is 0.00943. The second-order valence-electron chi connectivity index (χ2n) is 4.91. The average Bonchev–Trinajstić information content (AvgIpc) is 2.62. The Hall–Kier alpha value is -1.16. The molecule has 0 aromatic heterocycles. The lowest BCUT2D eigenvalue weighted by Crippen LogP contribution is -2.34. The number of rotatable bonds is 2. The zero-order chi connectivity index (χ0) is 13.8. The third-order valence-electron chi connectivity index (χ3n) is 3.44. The third-order valence-corrected chi connectivity index (χ3v) is 3.76. The number of hydrogen-bond donors (Lipinski definition) is 1. The molecule has 104 valence electrons. The number of hydrogen-bond acceptors (Lipinski definition) is 1. The molecule has 0 atom stereocenters. The largest absolute Gasteiger partial charge is 0.349 e. The highest BCUT2D eigenvalue weighted by atomic mass is 35.5. The fourth-order valence-corrected chi connectivity index (χ4v) is 2.62. The van der Waals surface area contributed by atoms with E-state index in [9.17, 15) is 13.6 Å². The summed E-state index contributed by atoms with van der Waals surface area (Å²) in [6.07, 6.45) is 6.36. The van der Waals surface area contributed by atoms with Crippen molar-refractivity contribution in [2.45, 2.75) is 44.6 Å². The van der Waals surface area contributed by atoms with Gasteiger partial charge in [-0.25, -0.2) is 8.78 Å². The van der Waals surface area contributed by atoms with E-state index >= 15 is 0 Å². The van der Waals surface area contributed by atoms with E-state index in [4.69, 9.17) is 11.6 Å². The van der Waals surface area contributed by atoms with Crippen molar-refractivity contribution in [3.63, 3.8) is 0 Å². The maximum absolute atomic E-state index is 13.1. The molecule has 1 N–H and O–H groups in total. The highest BCUT2D eigenvalue weighted by molar-refractivity contribution is 6.33. The Morgan fingerprint density at radius 1 is 1.11 bits per heavy atom. The van der Waals surface area contributed by atoms with Gasteiger partial charge in [-0.2, -0.15) is 0 Å². The average molecular weight is 288 g/mol. The van der Waals surface area contributed by atoms with Crippen molar-refractivity contribution in [2.24, 2.45) is 0 Å². The molecule has 1 aliphatic rings. The number of benzene rings is 1. The minimum atomic E-state index is -1.06. The van der Waals surface area contributed by atoms with Crippen LogP contribution in [0.5, 0.6) is 0 Å². The molecule has 1 amide bonds. The quantitative estimate of drug-likeness (QED) is 0.645. The van der Waals surface area contributed by atoms with E-state index in [2.05, 4.69) is 5.32 Å². The molecule has 1 aliphatic carbocycles. The predicted molar refractivity (Wildman–Crippen MR) is 70.3 cm³/mol. The molecule has 2 rings (SSSR count). The summed E-state index contributed by atoms with van der Waals surface area (Å²) < 4.78 is 26.1. The van der Waals surface area contributed by atoms with Crippen molar-refractivity contribution in [3.8, 4) is 0 Å². The molecule has 1 fully saturated rings. The summed E-state index contributed by atoms with van der Waals surface area (Å²) in [5.41, 5.74) is -0.00943. The first-order chi connectivity index (χ1) is 9.08. The summed E-state index contributed by atoms with van der Waals surface area (Å²) in [5, 5.41) is 2.79. The molecule has 1 aromatic carbocycles. The van der Waals surface area contributed by atoms with Gasteiger partial charge in [0.05, 0.1) is 10.6 Å². The van der Waals surface area contributed by atoms with Crippen molar-refractivity contribution >= 4 is 17.5 Å². The van der Waals surface area contributed by atoms with Crippen molar-refractivity contribution in [1.82, 2.24) is 5.32 Å². The molecule has 1 aromatic rings.